The van der Waals surface area contributed by atoms with Crippen LogP contribution >= 0.6 is 0 Å². The molecule has 0 unspecified atom stereocenters. The summed E-state index contributed by atoms with van der Waals surface area (Å²) in [5, 5.41) is 4.70. The normalized spacial score (nSPS) is 12.5. The van der Waals surface area contributed by atoms with E-state index in [1.165, 1.54) is 37.5 Å². The zero-order chi connectivity index (χ0) is 17.0. The minimum absolute atomic E-state index is 0.0103. The molecule has 2 rings (SSSR count). The lowest BCUT2D eigenvalue weighted by Gasteiger charge is -2.14. The molecule has 8 heteroatoms. The molecule has 5 nitrogen and oxygen atoms in total. The van der Waals surface area contributed by atoms with E-state index in [0.717, 1.165) is 12.1 Å². The highest BCUT2D eigenvalue weighted by Crippen LogP contribution is 2.30. The van der Waals surface area contributed by atoms with Crippen molar-refractivity contribution in [2.24, 2.45) is 0 Å². The predicted molar refractivity (Wildman–Crippen MR) is 75.7 cm³/mol. The van der Waals surface area contributed by atoms with E-state index in [2.05, 4.69) is 10.6 Å². The maximum atomic E-state index is 12.6. The molecule has 0 aliphatic carbocycles. The van der Waals surface area contributed by atoms with Crippen molar-refractivity contribution in [3.8, 4) is 0 Å². The van der Waals surface area contributed by atoms with Crippen molar-refractivity contribution in [2.75, 3.05) is 5.32 Å². The number of carbonyl (C=O) groups excluding carboxylic acids is 2. The van der Waals surface area contributed by atoms with Gasteiger partial charge in [-0.15, -0.1) is 0 Å². The standard InChI is InChI=1S/C15H13F3N2O3/c1-9(19-14(22)12-6-3-7-23-12)13(21)20-11-5-2-4-10(8-11)15(16,17)18/h2-9H,1H3,(H,19,22)(H,20,21)/t9-/m0/s1. The fourth-order valence-corrected chi connectivity index (χ4v) is 1.76. The topological polar surface area (TPSA) is 71.3 Å². The Morgan fingerprint density at radius 3 is 2.52 bits per heavy atom. The maximum absolute atomic E-state index is 12.6. The van der Waals surface area contributed by atoms with Gasteiger partial charge in [-0.25, -0.2) is 0 Å². The largest absolute Gasteiger partial charge is 0.459 e. The smallest absolute Gasteiger partial charge is 0.416 e. The van der Waals surface area contributed by atoms with E-state index < -0.39 is 29.6 Å². The summed E-state index contributed by atoms with van der Waals surface area (Å²) >= 11 is 0. The highest BCUT2D eigenvalue weighted by molar-refractivity contribution is 5.99. The van der Waals surface area contributed by atoms with Gasteiger partial charge in [0, 0.05) is 5.69 Å². The first-order valence-corrected chi connectivity index (χ1v) is 6.60. The molecule has 1 aromatic heterocycles. The zero-order valence-electron chi connectivity index (χ0n) is 12.0. The molecular formula is C15H13F3N2O3. The Labute approximate surface area is 129 Å². The van der Waals surface area contributed by atoms with Crippen LogP contribution < -0.4 is 10.6 Å². The van der Waals surface area contributed by atoms with Gasteiger partial charge in [0.05, 0.1) is 11.8 Å². The minimum Gasteiger partial charge on any atom is -0.459 e. The Morgan fingerprint density at radius 2 is 1.91 bits per heavy atom. The molecule has 122 valence electrons. The molecule has 0 aliphatic rings. The fraction of sp³-hybridized carbons (Fsp3) is 0.200. The number of nitrogens with one attached hydrogen (secondary N) is 2. The average Bonchev–Trinajstić information content (AvgIpc) is 3.00. The van der Waals surface area contributed by atoms with Crippen molar-refractivity contribution in [3.05, 3.63) is 54.0 Å². The van der Waals surface area contributed by atoms with Gasteiger partial charge >= 0.3 is 6.18 Å². The average molecular weight is 326 g/mol. The van der Waals surface area contributed by atoms with Gasteiger partial charge in [-0.3, -0.25) is 9.59 Å². The van der Waals surface area contributed by atoms with E-state index in [1.807, 2.05) is 0 Å². The molecule has 0 spiro atoms. The number of furan rings is 1. The summed E-state index contributed by atoms with van der Waals surface area (Å²) in [6.07, 6.45) is -3.19. The number of benzene rings is 1. The molecule has 2 amide bonds. The molecule has 0 bridgehead atoms. The first kappa shape index (κ1) is 16.6. The van der Waals surface area contributed by atoms with Gasteiger partial charge in [0.25, 0.3) is 5.91 Å². The SMILES string of the molecule is C[C@H](NC(=O)c1ccco1)C(=O)Nc1cccc(C(F)(F)F)c1. The van der Waals surface area contributed by atoms with Crippen molar-refractivity contribution >= 4 is 17.5 Å². The molecule has 0 radical (unpaired) electrons. The summed E-state index contributed by atoms with van der Waals surface area (Å²) in [4.78, 5) is 23.7. The van der Waals surface area contributed by atoms with E-state index in [-0.39, 0.29) is 11.4 Å². The van der Waals surface area contributed by atoms with Gasteiger partial charge < -0.3 is 15.1 Å². The lowest BCUT2D eigenvalue weighted by atomic mass is 10.2. The molecule has 0 saturated heterocycles. The van der Waals surface area contributed by atoms with E-state index in [9.17, 15) is 22.8 Å². The predicted octanol–water partition coefficient (Wildman–Crippen LogP) is 3.06. The van der Waals surface area contributed by atoms with E-state index in [4.69, 9.17) is 4.42 Å². The molecule has 23 heavy (non-hydrogen) atoms. The highest BCUT2D eigenvalue weighted by Gasteiger charge is 2.30. The minimum atomic E-state index is -4.50. The molecule has 1 aromatic carbocycles. The van der Waals surface area contributed by atoms with Gasteiger partial charge in [0.1, 0.15) is 6.04 Å². The maximum Gasteiger partial charge on any atom is 0.416 e. The molecule has 0 saturated carbocycles. The van der Waals surface area contributed by atoms with Crippen LogP contribution in [0.5, 0.6) is 0 Å². The van der Waals surface area contributed by atoms with Crippen molar-refractivity contribution in [1.29, 1.82) is 0 Å². The fourth-order valence-electron chi connectivity index (χ4n) is 1.76. The van der Waals surface area contributed by atoms with Crippen LogP contribution in [0.3, 0.4) is 0 Å². The van der Waals surface area contributed by atoms with Crippen LogP contribution in [0.4, 0.5) is 18.9 Å². The van der Waals surface area contributed by atoms with Gasteiger partial charge in [-0.1, -0.05) is 6.07 Å². The second-order valence-corrected chi connectivity index (χ2v) is 4.74. The lowest BCUT2D eigenvalue weighted by Crippen LogP contribution is -2.41. The van der Waals surface area contributed by atoms with E-state index >= 15 is 0 Å². The Bertz CT molecular complexity index is 696. The number of carbonyl (C=O) groups is 2. The number of anilines is 1. The molecule has 1 atom stereocenters. The van der Waals surface area contributed by atoms with Crippen LogP contribution in [0.1, 0.15) is 23.0 Å². The number of halogens is 3. The number of amides is 2. The second-order valence-electron chi connectivity index (χ2n) is 4.74. The third-order valence-corrected chi connectivity index (χ3v) is 2.94. The summed E-state index contributed by atoms with van der Waals surface area (Å²) in [6.45, 7) is 1.41. The van der Waals surface area contributed by atoms with Gasteiger partial charge in [0.2, 0.25) is 5.91 Å². The van der Waals surface area contributed by atoms with Crippen molar-refractivity contribution in [2.45, 2.75) is 19.1 Å². The number of hydrogen-bond acceptors (Lipinski definition) is 3. The van der Waals surface area contributed by atoms with Gasteiger partial charge in [-0.05, 0) is 37.3 Å². The summed E-state index contributed by atoms with van der Waals surface area (Å²) in [5.74, 6) is -1.21. The van der Waals surface area contributed by atoms with Crippen LogP contribution in [-0.2, 0) is 11.0 Å². The molecule has 2 aromatic rings. The van der Waals surface area contributed by atoms with Crippen LogP contribution in [0.2, 0.25) is 0 Å². The number of hydrogen-bond donors (Lipinski definition) is 2. The molecule has 0 aliphatic heterocycles. The summed E-state index contributed by atoms with van der Waals surface area (Å²) in [7, 11) is 0. The molecule has 0 fully saturated rings. The zero-order valence-corrected chi connectivity index (χ0v) is 12.0. The first-order chi connectivity index (χ1) is 10.8. The highest BCUT2D eigenvalue weighted by atomic mass is 19.4. The van der Waals surface area contributed by atoms with Gasteiger partial charge in [0.15, 0.2) is 5.76 Å². The number of rotatable bonds is 4. The second kappa shape index (κ2) is 6.55. The van der Waals surface area contributed by atoms with Crippen LogP contribution in [0.25, 0.3) is 0 Å². The molecule has 1 heterocycles. The molecule has 2 N–H and O–H groups in total. The summed E-state index contributed by atoms with van der Waals surface area (Å²) in [5.41, 5.74) is -0.883. The Balaban J connectivity index is 2.00. The quantitative estimate of drug-likeness (QED) is 0.907. The van der Waals surface area contributed by atoms with Gasteiger partial charge in [-0.2, -0.15) is 13.2 Å². The van der Waals surface area contributed by atoms with Crippen LogP contribution in [0.15, 0.2) is 47.1 Å². The van der Waals surface area contributed by atoms with E-state index in [1.54, 1.807) is 0 Å². The first-order valence-electron chi connectivity index (χ1n) is 6.60. The summed E-state index contributed by atoms with van der Waals surface area (Å²) in [6, 6.07) is 6.21. The van der Waals surface area contributed by atoms with Crippen LogP contribution in [0, 0.1) is 0 Å². The van der Waals surface area contributed by atoms with Crippen molar-refractivity contribution in [3.63, 3.8) is 0 Å². The lowest BCUT2D eigenvalue weighted by molar-refractivity contribution is -0.137. The third-order valence-electron chi connectivity index (χ3n) is 2.94. The Morgan fingerprint density at radius 1 is 1.17 bits per heavy atom. The number of alkyl halides is 3. The van der Waals surface area contributed by atoms with Crippen molar-refractivity contribution in [1.82, 2.24) is 5.32 Å². The Kier molecular flexibility index (Phi) is 4.73. The monoisotopic (exact) mass is 326 g/mol. The van der Waals surface area contributed by atoms with Crippen LogP contribution in [-0.4, -0.2) is 17.9 Å². The third kappa shape index (κ3) is 4.35. The summed E-state index contributed by atoms with van der Waals surface area (Å²) < 4.78 is 42.7. The van der Waals surface area contributed by atoms with E-state index in [0.29, 0.717) is 0 Å². The molecular weight excluding hydrogens is 313 g/mol. The Hall–Kier alpha value is -2.77. The van der Waals surface area contributed by atoms with Crippen molar-refractivity contribution < 1.29 is 27.2 Å².